The number of pyridine rings is 2. The first-order chi connectivity index (χ1) is 16.1. The number of nitrogens with zero attached hydrogens (tertiary/aromatic N) is 2. The Bertz CT molecular complexity index is 1260. The van der Waals surface area contributed by atoms with Crippen molar-refractivity contribution in [3.8, 4) is 11.5 Å². The number of alkyl halides is 3. The minimum atomic E-state index is -5.18. The van der Waals surface area contributed by atoms with Crippen LogP contribution < -0.4 is 21.1 Å². The summed E-state index contributed by atoms with van der Waals surface area (Å²) in [6.45, 7) is 0. The molecule has 1 aromatic carbocycles. The SMILES string of the molecule is N=C/C(C(=O)Nc1ccc(Oc2ccnc(N)c2)c(F)c1)=C(\Nc1ncccc1F)C(F)(F)F. The highest BCUT2D eigenvalue weighted by Crippen LogP contribution is 2.31. The lowest BCUT2D eigenvalue weighted by Crippen LogP contribution is -2.28. The fraction of sp³-hybridized carbons (Fsp3) is 0.0476. The van der Waals surface area contributed by atoms with E-state index in [2.05, 4.69) is 15.3 Å². The monoisotopic (exact) mass is 478 g/mol. The average Bonchev–Trinajstić information content (AvgIpc) is 2.76. The number of hydrogen-bond donors (Lipinski definition) is 4. The molecule has 0 unspecified atom stereocenters. The third kappa shape index (κ3) is 5.82. The maximum absolute atomic E-state index is 14.4. The Morgan fingerprint density at radius 1 is 1.03 bits per heavy atom. The van der Waals surface area contributed by atoms with Crippen molar-refractivity contribution in [1.82, 2.24) is 9.97 Å². The first kappa shape index (κ1) is 24.1. The Labute approximate surface area is 188 Å². The van der Waals surface area contributed by atoms with Crippen LogP contribution in [0.3, 0.4) is 0 Å². The van der Waals surface area contributed by atoms with E-state index in [0.717, 1.165) is 30.5 Å². The van der Waals surface area contributed by atoms with Crippen molar-refractivity contribution < 1.29 is 31.5 Å². The van der Waals surface area contributed by atoms with E-state index >= 15 is 0 Å². The van der Waals surface area contributed by atoms with Crippen molar-refractivity contribution in [2.75, 3.05) is 16.4 Å². The molecular weight excluding hydrogens is 463 g/mol. The van der Waals surface area contributed by atoms with Crippen LogP contribution in [0, 0.1) is 17.0 Å². The number of ether oxygens (including phenoxy) is 1. The van der Waals surface area contributed by atoms with Crippen molar-refractivity contribution in [3.63, 3.8) is 0 Å². The second-order valence-corrected chi connectivity index (χ2v) is 6.51. The summed E-state index contributed by atoms with van der Waals surface area (Å²) in [4.78, 5) is 19.7. The molecule has 3 aromatic rings. The highest BCUT2D eigenvalue weighted by Gasteiger charge is 2.39. The van der Waals surface area contributed by atoms with Gasteiger partial charge in [-0.2, -0.15) is 13.2 Å². The van der Waals surface area contributed by atoms with Crippen molar-refractivity contribution in [3.05, 3.63) is 77.8 Å². The van der Waals surface area contributed by atoms with E-state index in [-0.39, 0.29) is 29.2 Å². The van der Waals surface area contributed by atoms with Gasteiger partial charge in [-0.15, -0.1) is 0 Å². The van der Waals surface area contributed by atoms with Crippen molar-refractivity contribution in [2.24, 2.45) is 0 Å². The Morgan fingerprint density at radius 2 is 1.79 bits per heavy atom. The van der Waals surface area contributed by atoms with Gasteiger partial charge < -0.3 is 26.5 Å². The zero-order valence-corrected chi connectivity index (χ0v) is 17.0. The summed E-state index contributed by atoms with van der Waals surface area (Å²) in [5.41, 5.74) is 2.37. The molecule has 3 rings (SSSR count). The van der Waals surface area contributed by atoms with Gasteiger partial charge in [0.25, 0.3) is 5.91 Å². The average molecular weight is 478 g/mol. The number of nitrogens with one attached hydrogen (secondary N) is 3. The molecule has 176 valence electrons. The highest BCUT2D eigenvalue weighted by atomic mass is 19.4. The van der Waals surface area contributed by atoms with Gasteiger partial charge in [0, 0.05) is 36.4 Å². The number of nitrogens with two attached hydrogens (primary N) is 1. The summed E-state index contributed by atoms with van der Waals surface area (Å²) < 4.78 is 74.3. The van der Waals surface area contributed by atoms with Gasteiger partial charge in [0.2, 0.25) is 0 Å². The third-order valence-corrected chi connectivity index (χ3v) is 4.11. The summed E-state index contributed by atoms with van der Waals surface area (Å²) in [5, 5.41) is 11.1. The Balaban J connectivity index is 1.86. The minimum absolute atomic E-state index is 0.132. The molecule has 0 atom stereocenters. The summed E-state index contributed by atoms with van der Waals surface area (Å²) in [6.07, 6.45) is -2.67. The van der Waals surface area contributed by atoms with Crippen molar-refractivity contribution in [2.45, 2.75) is 6.18 Å². The minimum Gasteiger partial charge on any atom is -0.454 e. The fourth-order valence-electron chi connectivity index (χ4n) is 2.62. The number of halogens is 5. The van der Waals surface area contributed by atoms with Gasteiger partial charge in [0.15, 0.2) is 23.2 Å². The number of allylic oxidation sites excluding steroid dienone is 1. The smallest absolute Gasteiger partial charge is 0.432 e. The van der Waals surface area contributed by atoms with E-state index in [4.69, 9.17) is 15.9 Å². The molecule has 1 amide bonds. The molecule has 13 heteroatoms. The van der Waals surface area contributed by atoms with Gasteiger partial charge in [-0.3, -0.25) is 4.79 Å². The van der Waals surface area contributed by atoms with Crippen LogP contribution in [-0.4, -0.2) is 28.3 Å². The lowest BCUT2D eigenvalue weighted by Gasteiger charge is -2.17. The first-order valence-electron chi connectivity index (χ1n) is 9.28. The highest BCUT2D eigenvalue weighted by molar-refractivity contribution is 6.18. The molecule has 0 saturated heterocycles. The lowest BCUT2D eigenvalue weighted by atomic mass is 10.1. The molecule has 2 heterocycles. The van der Waals surface area contributed by atoms with Crippen LogP contribution in [0.1, 0.15) is 0 Å². The number of nitrogen functional groups attached to an aromatic ring is 1. The molecule has 0 spiro atoms. The largest absolute Gasteiger partial charge is 0.454 e. The molecule has 0 bridgehead atoms. The zero-order valence-electron chi connectivity index (χ0n) is 17.0. The predicted molar refractivity (Wildman–Crippen MR) is 113 cm³/mol. The predicted octanol–water partition coefficient (Wildman–Crippen LogP) is 4.65. The number of rotatable bonds is 7. The van der Waals surface area contributed by atoms with E-state index in [0.29, 0.717) is 0 Å². The second-order valence-electron chi connectivity index (χ2n) is 6.51. The number of carbonyl (C=O) groups is 1. The molecule has 0 fully saturated rings. The van der Waals surface area contributed by atoms with Crippen molar-refractivity contribution >= 4 is 29.4 Å². The molecule has 0 aliphatic carbocycles. The first-order valence-corrected chi connectivity index (χ1v) is 9.28. The van der Waals surface area contributed by atoms with Crippen LogP contribution in [0.4, 0.5) is 39.3 Å². The van der Waals surface area contributed by atoms with E-state index in [1.54, 1.807) is 5.32 Å². The van der Waals surface area contributed by atoms with Crippen LogP contribution in [0.15, 0.2) is 66.1 Å². The van der Waals surface area contributed by atoms with Crippen LogP contribution in [0.5, 0.6) is 11.5 Å². The Morgan fingerprint density at radius 3 is 2.41 bits per heavy atom. The van der Waals surface area contributed by atoms with Crippen LogP contribution in [0.2, 0.25) is 0 Å². The maximum Gasteiger partial charge on any atom is 0.432 e. The third-order valence-electron chi connectivity index (χ3n) is 4.11. The quantitative estimate of drug-likeness (QED) is 0.223. The molecule has 5 N–H and O–H groups in total. The number of hydrogen-bond acceptors (Lipinski definition) is 7. The van der Waals surface area contributed by atoms with Crippen LogP contribution >= 0.6 is 0 Å². The number of benzene rings is 1. The number of amides is 1. The standard InChI is InChI=1S/C21H15F5N6O2/c22-14-2-1-6-30-19(14)32-18(21(24,25)26)13(10-27)20(33)31-11-3-4-16(15(23)8-11)34-12-5-7-29-17(28)9-12/h1-10,27H,(H2,28,29)(H,30,32)(H,31,33)/b18-13+,27-10?. The second kappa shape index (κ2) is 9.94. The van der Waals surface area contributed by atoms with Gasteiger partial charge in [-0.25, -0.2) is 18.7 Å². The Hall–Kier alpha value is -4.55. The number of carbonyl (C=O) groups excluding carboxylic acids is 1. The Kier molecular flexibility index (Phi) is 7.04. The summed E-state index contributed by atoms with van der Waals surface area (Å²) in [6, 6.07) is 7.88. The molecule has 0 aliphatic rings. The maximum atomic E-state index is 14.4. The normalized spacial score (nSPS) is 11.9. The summed E-state index contributed by atoms with van der Waals surface area (Å²) in [5.74, 6) is -4.20. The lowest BCUT2D eigenvalue weighted by molar-refractivity contribution is -0.114. The van der Waals surface area contributed by atoms with Gasteiger partial charge in [-0.05, 0) is 30.3 Å². The molecule has 2 aromatic heterocycles. The molecule has 34 heavy (non-hydrogen) atoms. The van der Waals surface area contributed by atoms with Crippen LogP contribution in [0.25, 0.3) is 0 Å². The van der Waals surface area contributed by atoms with Crippen molar-refractivity contribution in [1.29, 1.82) is 5.41 Å². The van der Waals surface area contributed by atoms with E-state index < -0.39 is 40.8 Å². The fourth-order valence-corrected chi connectivity index (χ4v) is 2.62. The summed E-state index contributed by atoms with van der Waals surface area (Å²) >= 11 is 0. The molecular formula is C21H15F5N6O2. The van der Waals surface area contributed by atoms with Gasteiger partial charge in [0.05, 0.1) is 5.57 Å². The molecule has 0 aliphatic heterocycles. The molecule has 8 nitrogen and oxygen atoms in total. The van der Waals surface area contributed by atoms with E-state index in [1.807, 2.05) is 0 Å². The van der Waals surface area contributed by atoms with Gasteiger partial charge >= 0.3 is 6.18 Å². The van der Waals surface area contributed by atoms with Gasteiger partial charge in [0.1, 0.15) is 17.3 Å². The zero-order chi connectivity index (χ0) is 24.9. The topological polar surface area (TPSA) is 126 Å². The number of anilines is 3. The summed E-state index contributed by atoms with van der Waals surface area (Å²) in [7, 11) is 0. The number of aromatic nitrogens is 2. The molecule has 0 saturated carbocycles. The molecule has 0 radical (unpaired) electrons. The van der Waals surface area contributed by atoms with Gasteiger partial charge in [-0.1, -0.05) is 0 Å². The van der Waals surface area contributed by atoms with Crippen LogP contribution in [-0.2, 0) is 4.79 Å². The van der Waals surface area contributed by atoms with E-state index in [9.17, 15) is 26.7 Å². The van der Waals surface area contributed by atoms with E-state index in [1.165, 1.54) is 24.4 Å².